The third-order valence-corrected chi connectivity index (χ3v) is 5.94. The maximum atomic E-state index is 12.0. The van der Waals surface area contributed by atoms with E-state index in [1.165, 1.54) is 0 Å². The molecule has 0 aromatic carbocycles. The third kappa shape index (κ3) is 8.52. The van der Waals surface area contributed by atoms with Crippen LogP contribution >= 0.6 is 14.7 Å². The van der Waals surface area contributed by atoms with Crippen LogP contribution < -0.4 is 0 Å². The van der Waals surface area contributed by atoms with E-state index in [-0.39, 0.29) is 12.2 Å². The molecule has 0 aromatic heterocycles. The van der Waals surface area contributed by atoms with Crippen molar-refractivity contribution in [3.05, 3.63) is 0 Å². The van der Waals surface area contributed by atoms with Crippen LogP contribution in [0.15, 0.2) is 0 Å². The van der Waals surface area contributed by atoms with E-state index in [4.69, 9.17) is 9.05 Å². The van der Waals surface area contributed by atoms with Gasteiger partial charge in [-0.05, 0) is 27.7 Å². The largest absolute Gasteiger partial charge is 0.326 e. The topological polar surface area (TPSA) is 52.6 Å². The molecule has 98 valence electrons. The Morgan fingerprint density at radius 1 is 0.812 bits per heavy atom. The molecule has 6 heteroatoms. The van der Waals surface area contributed by atoms with Crippen LogP contribution in [0.2, 0.25) is 0 Å². The summed E-state index contributed by atoms with van der Waals surface area (Å²) < 4.78 is 34.5. The summed E-state index contributed by atoms with van der Waals surface area (Å²) >= 11 is 0. The van der Waals surface area contributed by atoms with Crippen molar-refractivity contribution in [3.8, 4) is 0 Å². The Bertz CT molecular complexity index is 269. The molecule has 0 aliphatic rings. The lowest BCUT2D eigenvalue weighted by Crippen LogP contribution is -2.08. The molecule has 0 radical (unpaired) electrons. The first-order valence-corrected chi connectivity index (χ1v) is 10.1. The molecule has 0 saturated carbocycles. The molecule has 0 heterocycles. The molecule has 0 spiro atoms. The molecule has 0 amide bonds. The smallest absolute Gasteiger partial charge is 0.200 e. The van der Waals surface area contributed by atoms with Crippen molar-refractivity contribution < 1.29 is 18.2 Å². The molecule has 0 aliphatic carbocycles. The van der Waals surface area contributed by atoms with Crippen LogP contribution in [-0.2, 0) is 18.2 Å². The monoisotopic (exact) mass is 270 g/mol. The predicted molar refractivity (Wildman–Crippen MR) is 69.2 cm³/mol. The summed E-state index contributed by atoms with van der Waals surface area (Å²) in [5, 5.41) is 0. The second-order valence-electron chi connectivity index (χ2n) is 4.78. The first-order chi connectivity index (χ1) is 7.04. The van der Waals surface area contributed by atoms with Gasteiger partial charge in [0.05, 0.1) is 12.2 Å². The number of hydrogen-bond donors (Lipinski definition) is 0. The highest BCUT2D eigenvalue weighted by molar-refractivity contribution is 7.62. The Morgan fingerprint density at radius 3 is 1.25 bits per heavy atom. The molecule has 4 nitrogen and oxygen atoms in total. The highest BCUT2D eigenvalue weighted by atomic mass is 31.2. The molecule has 0 bridgehead atoms. The molecule has 0 N–H and O–H groups in total. The van der Waals surface area contributed by atoms with Crippen LogP contribution in [0.5, 0.6) is 0 Å². The van der Waals surface area contributed by atoms with Crippen LogP contribution in [0.1, 0.15) is 27.7 Å². The molecule has 2 unspecified atom stereocenters. The molecule has 0 rings (SSSR count). The Hall–Kier alpha value is 0.380. The van der Waals surface area contributed by atoms with Crippen LogP contribution in [0.3, 0.4) is 0 Å². The zero-order valence-corrected chi connectivity index (χ0v) is 12.9. The Balaban J connectivity index is 4.23. The van der Waals surface area contributed by atoms with Crippen molar-refractivity contribution >= 4 is 14.7 Å². The molecule has 0 fully saturated rings. The summed E-state index contributed by atoms with van der Waals surface area (Å²) in [6, 6.07) is 0. The van der Waals surface area contributed by atoms with Gasteiger partial charge < -0.3 is 9.05 Å². The second kappa shape index (κ2) is 6.35. The quantitative estimate of drug-likeness (QED) is 0.662. The Labute approximate surface area is 99.0 Å². The zero-order valence-electron chi connectivity index (χ0n) is 11.1. The number of rotatable bonds is 7. The van der Waals surface area contributed by atoms with Gasteiger partial charge in [0.25, 0.3) is 0 Å². The minimum absolute atomic E-state index is 0.0712. The summed E-state index contributed by atoms with van der Waals surface area (Å²) in [5.41, 5.74) is 0. The van der Waals surface area contributed by atoms with Crippen molar-refractivity contribution in [1.82, 2.24) is 0 Å². The first-order valence-electron chi connectivity index (χ1n) is 5.54. The fourth-order valence-electron chi connectivity index (χ4n) is 1.36. The lowest BCUT2D eigenvalue weighted by Gasteiger charge is -2.20. The first kappa shape index (κ1) is 16.4. The lowest BCUT2D eigenvalue weighted by molar-refractivity contribution is 0.241. The predicted octanol–water partition coefficient (Wildman–Crippen LogP) is 3.65. The molecule has 16 heavy (non-hydrogen) atoms. The van der Waals surface area contributed by atoms with Gasteiger partial charge in [0, 0.05) is 25.7 Å². The van der Waals surface area contributed by atoms with Crippen LogP contribution in [0.4, 0.5) is 0 Å². The summed E-state index contributed by atoms with van der Waals surface area (Å²) in [7, 11) is -5.28. The van der Waals surface area contributed by atoms with E-state index in [0.717, 1.165) is 0 Å². The summed E-state index contributed by atoms with van der Waals surface area (Å²) in [5.74, 6) is 0. The van der Waals surface area contributed by atoms with Crippen molar-refractivity contribution in [2.45, 2.75) is 39.9 Å². The summed E-state index contributed by atoms with van der Waals surface area (Å²) in [6.07, 6.45) is 0.480. The minimum Gasteiger partial charge on any atom is -0.326 e. The second-order valence-corrected chi connectivity index (χ2v) is 10.2. The van der Waals surface area contributed by atoms with E-state index in [2.05, 4.69) is 0 Å². The average molecular weight is 270 g/mol. The zero-order chi connectivity index (χ0) is 13.0. The highest BCUT2D eigenvalue weighted by Gasteiger charge is 2.25. The minimum atomic E-state index is -2.64. The van der Waals surface area contributed by atoms with Crippen LogP contribution in [0, 0.1) is 0 Å². The molecule has 0 aromatic rings. The van der Waals surface area contributed by atoms with Gasteiger partial charge in [-0.15, -0.1) is 0 Å². The maximum absolute atomic E-state index is 12.0. The van der Waals surface area contributed by atoms with Gasteiger partial charge in [0.1, 0.15) is 0 Å². The van der Waals surface area contributed by atoms with Gasteiger partial charge in [-0.1, -0.05) is 0 Å². The van der Waals surface area contributed by atoms with Crippen molar-refractivity contribution in [1.29, 1.82) is 0 Å². The molecular weight excluding hydrogens is 246 g/mol. The van der Waals surface area contributed by atoms with Crippen molar-refractivity contribution in [3.63, 3.8) is 0 Å². The van der Waals surface area contributed by atoms with Crippen LogP contribution in [-0.4, -0.2) is 37.9 Å². The third-order valence-electron chi connectivity index (χ3n) is 1.78. The fourth-order valence-corrected chi connectivity index (χ4v) is 6.26. The van der Waals surface area contributed by atoms with E-state index < -0.39 is 14.7 Å². The van der Waals surface area contributed by atoms with E-state index in [0.29, 0.717) is 12.3 Å². The van der Waals surface area contributed by atoms with Crippen molar-refractivity contribution in [2.24, 2.45) is 0 Å². The van der Waals surface area contributed by atoms with E-state index in [1.807, 2.05) is 27.7 Å². The van der Waals surface area contributed by atoms with Crippen LogP contribution in [0.25, 0.3) is 0 Å². The van der Waals surface area contributed by atoms with Gasteiger partial charge in [-0.25, -0.2) is 0 Å². The molecule has 2 atom stereocenters. The molecular formula is C10H24O4P2. The normalized spacial score (nSPS) is 19.8. The molecule has 0 aliphatic heterocycles. The van der Waals surface area contributed by atoms with Gasteiger partial charge in [-0.3, -0.25) is 9.13 Å². The molecule has 0 saturated heterocycles. The van der Waals surface area contributed by atoms with E-state index >= 15 is 0 Å². The maximum Gasteiger partial charge on any atom is 0.200 e. The van der Waals surface area contributed by atoms with Gasteiger partial charge in [-0.2, -0.15) is 0 Å². The Kier molecular flexibility index (Phi) is 6.50. The van der Waals surface area contributed by atoms with Gasteiger partial charge in [0.2, 0.25) is 14.7 Å². The van der Waals surface area contributed by atoms with E-state index in [9.17, 15) is 9.13 Å². The van der Waals surface area contributed by atoms with Gasteiger partial charge >= 0.3 is 0 Å². The fraction of sp³-hybridized carbons (Fsp3) is 1.00. The standard InChI is InChI=1S/C10H24O4P2/c1-9(2)13-15(5,11)7-8-16(6,12)14-10(3)4/h9-10H,7-8H2,1-6H3. The SMILES string of the molecule is CC(C)OP(C)(=O)CCP(C)(=O)OC(C)C. The summed E-state index contributed by atoms with van der Waals surface area (Å²) in [4.78, 5) is 0. The number of hydrogen-bond acceptors (Lipinski definition) is 4. The summed E-state index contributed by atoms with van der Waals surface area (Å²) in [6.45, 7) is 10.5. The highest BCUT2D eigenvalue weighted by Crippen LogP contribution is 2.51. The van der Waals surface area contributed by atoms with E-state index in [1.54, 1.807) is 13.3 Å². The Morgan fingerprint density at radius 2 is 1.06 bits per heavy atom. The average Bonchev–Trinajstić information content (AvgIpc) is 1.96. The lowest BCUT2D eigenvalue weighted by atomic mass is 10.5. The van der Waals surface area contributed by atoms with Crippen molar-refractivity contribution in [2.75, 3.05) is 25.7 Å². The van der Waals surface area contributed by atoms with Gasteiger partial charge in [0.15, 0.2) is 0 Å².